The first-order chi connectivity index (χ1) is 40.5. The van der Waals surface area contributed by atoms with Crippen LogP contribution in [0.3, 0.4) is 0 Å². The zero-order chi connectivity index (χ0) is 60.8. The molecular formula is C69H76N9O6S+. The average molecular weight is 1160 g/mol. The smallest absolute Gasteiger partial charge is 0.343 e. The van der Waals surface area contributed by atoms with E-state index in [4.69, 9.17) is 23.7 Å². The lowest BCUT2D eigenvalue weighted by atomic mass is 9.83. The lowest BCUT2D eigenvalue weighted by molar-refractivity contribution is -0.142. The number of quaternary nitrogens is 1. The quantitative estimate of drug-likeness (QED) is 0.0444. The zero-order valence-electron chi connectivity index (χ0n) is 49.4. The zero-order valence-corrected chi connectivity index (χ0v) is 50.2. The number of Topliss-reactive ketones (excluding diaryl/α,β-unsaturated/α-hetero) is 2. The van der Waals surface area contributed by atoms with Gasteiger partial charge in [-0.15, -0.1) is 0 Å². The van der Waals surface area contributed by atoms with Crippen LogP contribution in [0, 0.1) is 24.7 Å². The van der Waals surface area contributed by atoms with Gasteiger partial charge in [-0.1, -0.05) is 148 Å². The van der Waals surface area contributed by atoms with Gasteiger partial charge in [0.2, 0.25) is 11.8 Å². The van der Waals surface area contributed by atoms with Crippen molar-refractivity contribution in [3.63, 3.8) is 0 Å². The Hall–Kier alpha value is -8.83. The fourth-order valence-corrected chi connectivity index (χ4v) is 11.7. The summed E-state index contributed by atoms with van der Waals surface area (Å²) >= 11 is 5.72. The van der Waals surface area contributed by atoms with E-state index in [0.717, 1.165) is 27.9 Å². The van der Waals surface area contributed by atoms with Crippen molar-refractivity contribution < 1.29 is 28.8 Å². The van der Waals surface area contributed by atoms with Crippen LogP contribution in [0.1, 0.15) is 56.9 Å². The predicted octanol–water partition coefficient (Wildman–Crippen LogP) is 9.59. The van der Waals surface area contributed by atoms with Crippen molar-refractivity contribution in [2.75, 3.05) is 52.3 Å². The van der Waals surface area contributed by atoms with Crippen LogP contribution in [0.15, 0.2) is 188 Å². The van der Waals surface area contributed by atoms with Crippen molar-refractivity contribution in [1.82, 2.24) is 15.1 Å². The number of carbonyl (C=O) groups excluding carboxylic acids is 6. The van der Waals surface area contributed by atoms with Gasteiger partial charge in [0.15, 0.2) is 35.0 Å². The van der Waals surface area contributed by atoms with Gasteiger partial charge in [-0.25, -0.2) is 9.28 Å². The molecule has 438 valence electrons. The number of aryl methyl sites for hydroxylation is 2. The number of carbonyl (C=O) groups is 6. The van der Waals surface area contributed by atoms with E-state index in [0.29, 0.717) is 34.1 Å². The average Bonchev–Trinajstić information content (AvgIpc) is 3.82. The summed E-state index contributed by atoms with van der Waals surface area (Å²) < 4.78 is -0.690. The van der Waals surface area contributed by atoms with E-state index in [1.54, 1.807) is 39.5 Å². The summed E-state index contributed by atoms with van der Waals surface area (Å²) in [6.45, 7) is 11.5. The van der Waals surface area contributed by atoms with Gasteiger partial charge >= 0.3 is 5.91 Å². The molecule has 5 atom stereocenters. The number of fused-ring (bicyclic) bond motifs is 2. The molecule has 15 nitrogen and oxygen atoms in total. The Morgan fingerprint density at radius 1 is 0.612 bits per heavy atom. The second-order valence-corrected chi connectivity index (χ2v) is 24.5. The van der Waals surface area contributed by atoms with E-state index in [2.05, 4.69) is 10.6 Å². The molecule has 0 aliphatic carbocycles. The summed E-state index contributed by atoms with van der Waals surface area (Å²) in [4.78, 5) is 100. The van der Waals surface area contributed by atoms with Crippen molar-refractivity contribution in [3.05, 3.63) is 210 Å². The SMILES string of the molecule is Cc1ccc2c(c1)N(CC(=O)C(C)(C)C[N+]1(CC(=O)C(C)(C)C)C(=O)C(NC(=O)[C@H](Cc3ccccc3)N(C(N)=S)c3ccccc3)CN(c3ccccc3)c3ccc(C)cc31)C(=O)C(NC(=O)[C@@H](N)Cc1ccccc1)CN2c1ccccc1. The highest BCUT2D eigenvalue weighted by Crippen LogP contribution is 2.46. The molecule has 2 heterocycles. The Morgan fingerprint density at radius 2 is 1.09 bits per heavy atom. The first-order valence-electron chi connectivity index (χ1n) is 28.8. The minimum Gasteiger partial charge on any atom is -0.376 e. The van der Waals surface area contributed by atoms with Crippen molar-refractivity contribution in [1.29, 1.82) is 0 Å². The van der Waals surface area contributed by atoms with Crippen LogP contribution in [0.25, 0.3) is 0 Å². The van der Waals surface area contributed by atoms with Gasteiger partial charge in [0.25, 0.3) is 5.91 Å². The molecule has 0 saturated heterocycles. The number of nitrogens with two attached hydrogens (primary N) is 2. The van der Waals surface area contributed by atoms with Gasteiger partial charge in [0, 0.05) is 35.0 Å². The minimum atomic E-state index is -1.51. The number of benzene rings is 7. The van der Waals surface area contributed by atoms with E-state index in [1.807, 2.05) is 212 Å². The molecule has 2 aliphatic rings. The number of thiocarbonyl (C=S) groups is 1. The number of hydrogen-bond donors (Lipinski definition) is 4. The summed E-state index contributed by atoms with van der Waals surface area (Å²) in [7, 11) is 0. The van der Waals surface area contributed by atoms with Crippen LogP contribution in [0.4, 0.5) is 39.8 Å². The van der Waals surface area contributed by atoms with E-state index in [-0.39, 0.29) is 43.4 Å². The number of amides is 4. The Bertz CT molecular complexity index is 3580. The normalized spacial score (nSPS) is 17.8. The van der Waals surface area contributed by atoms with Gasteiger partial charge in [-0.05, 0) is 123 Å². The van der Waals surface area contributed by atoms with Crippen molar-refractivity contribution in [2.24, 2.45) is 22.3 Å². The number of ketones is 2. The van der Waals surface area contributed by atoms with Gasteiger partial charge in [0.1, 0.15) is 24.3 Å². The molecular weight excluding hydrogens is 1080 g/mol. The fraction of sp³-hybridized carbons (Fsp3) is 0.290. The molecule has 0 bridgehead atoms. The molecule has 4 amide bonds. The van der Waals surface area contributed by atoms with E-state index < -0.39 is 82.0 Å². The molecule has 0 aromatic heterocycles. The molecule has 9 rings (SSSR count). The third-order valence-corrected chi connectivity index (χ3v) is 16.3. The molecule has 0 fully saturated rings. The van der Waals surface area contributed by atoms with Crippen LogP contribution in [0.2, 0.25) is 0 Å². The fourth-order valence-electron chi connectivity index (χ4n) is 11.5. The van der Waals surface area contributed by atoms with Crippen molar-refractivity contribution in [3.8, 4) is 0 Å². The number of rotatable bonds is 19. The van der Waals surface area contributed by atoms with E-state index in [9.17, 15) is 4.79 Å². The van der Waals surface area contributed by atoms with Crippen LogP contribution in [0.5, 0.6) is 0 Å². The van der Waals surface area contributed by atoms with E-state index in [1.165, 1.54) is 4.90 Å². The molecule has 6 N–H and O–H groups in total. The van der Waals surface area contributed by atoms with Gasteiger partial charge in [-0.2, -0.15) is 0 Å². The summed E-state index contributed by atoms with van der Waals surface area (Å²) in [5.41, 5.74) is 18.1. The van der Waals surface area contributed by atoms with Gasteiger partial charge in [0.05, 0.1) is 42.5 Å². The standard InChI is InChI=1S/C69H75N9O6S/c1-46-33-35-56-58(37-46)76(65(83)54(41-74(56)50-27-17-10-18-28-50)72-63(81)53(70)39-48-23-13-8-14-24-48)43-61(79)69(6,7)45-78(44-62(80)68(3,4)5)60-38-47(2)34-36-57(60)75(51-29-19-11-20-30-51)42-55(66(78)84)73-64(82)59(40-49-25-15-9-16-26-49)77(67(71)85)52-31-21-12-22-32-52/h8-38,53-55,59H,39-45,70H2,1-7H3,(H3-,71,72,73,81,82,85)/p+1/t53-,54?,55?,59-,78?/m0/s1. The maximum atomic E-state index is 16.8. The Morgan fingerprint density at radius 3 is 1.65 bits per heavy atom. The summed E-state index contributed by atoms with van der Waals surface area (Å²) in [6, 6.07) is 53.9. The number of para-hydroxylation sites is 3. The number of nitrogens with one attached hydrogen (secondary N) is 2. The largest absolute Gasteiger partial charge is 0.376 e. The lowest BCUT2D eigenvalue weighted by Gasteiger charge is -2.42. The third-order valence-electron chi connectivity index (χ3n) is 16.1. The van der Waals surface area contributed by atoms with Crippen LogP contribution in [-0.2, 0) is 41.6 Å². The van der Waals surface area contributed by atoms with Crippen LogP contribution in [-0.4, -0.2) is 97.2 Å². The molecule has 85 heavy (non-hydrogen) atoms. The monoisotopic (exact) mass is 1160 g/mol. The molecule has 0 saturated carbocycles. The summed E-state index contributed by atoms with van der Waals surface area (Å²) in [5, 5.41) is 6.15. The Balaban J connectivity index is 1.16. The molecule has 2 aliphatic heterocycles. The molecule has 16 heteroatoms. The Labute approximate surface area is 504 Å². The highest BCUT2D eigenvalue weighted by Gasteiger charge is 2.56. The summed E-state index contributed by atoms with van der Waals surface area (Å²) in [5.74, 6) is -2.86. The van der Waals surface area contributed by atoms with E-state index >= 15 is 24.0 Å². The van der Waals surface area contributed by atoms with Crippen molar-refractivity contribution >= 4 is 92.3 Å². The van der Waals surface area contributed by atoms with Gasteiger partial charge in [-0.3, -0.25) is 24.0 Å². The first-order valence-corrected chi connectivity index (χ1v) is 29.2. The second kappa shape index (κ2) is 25.6. The lowest BCUT2D eigenvalue weighted by Crippen LogP contribution is -2.68. The third kappa shape index (κ3) is 13.6. The first kappa shape index (κ1) is 60.8. The summed E-state index contributed by atoms with van der Waals surface area (Å²) in [6.07, 6.45) is 0.373. The van der Waals surface area contributed by atoms with Crippen LogP contribution < -0.4 is 46.2 Å². The Kier molecular flexibility index (Phi) is 18.3. The maximum Gasteiger partial charge on any atom is 0.343 e. The predicted molar refractivity (Wildman–Crippen MR) is 343 cm³/mol. The number of hydrogen-bond acceptors (Lipinski definition) is 10. The second-order valence-electron chi connectivity index (χ2n) is 24.1. The maximum absolute atomic E-state index is 16.8. The molecule has 7 aromatic rings. The highest BCUT2D eigenvalue weighted by molar-refractivity contribution is 7.80. The number of nitrogens with zero attached hydrogens (tertiary/aromatic N) is 5. The molecule has 0 radical (unpaired) electrons. The molecule has 0 spiro atoms. The number of anilines is 6. The van der Waals surface area contributed by atoms with Gasteiger partial charge < -0.3 is 41.7 Å². The molecule has 3 unspecified atom stereocenters. The minimum absolute atomic E-state index is 0.00768. The van der Waals surface area contributed by atoms with Crippen molar-refractivity contribution in [2.45, 2.75) is 85.5 Å². The topological polar surface area (TPSA) is 191 Å². The molecule has 7 aromatic carbocycles. The highest BCUT2D eigenvalue weighted by atomic mass is 32.1. The van der Waals surface area contributed by atoms with Crippen LogP contribution >= 0.6 is 12.2 Å².